The van der Waals surface area contributed by atoms with Crippen LogP contribution >= 0.6 is 0 Å². The molecule has 1 amide bonds. The van der Waals surface area contributed by atoms with Crippen molar-refractivity contribution in [2.75, 3.05) is 13.1 Å². The molecule has 0 saturated carbocycles. The highest BCUT2D eigenvalue weighted by Gasteiger charge is 2.73. The number of halogens is 9. The summed E-state index contributed by atoms with van der Waals surface area (Å²) in [7, 11) is 0. The lowest BCUT2D eigenvalue weighted by atomic mass is 9.90. The molecule has 2 atom stereocenters. The summed E-state index contributed by atoms with van der Waals surface area (Å²) in [4.78, 5) is 12.4. The maximum Gasteiger partial charge on any atom is 0.435 e. The van der Waals surface area contributed by atoms with Gasteiger partial charge in [0.1, 0.15) is 0 Å². The smallest absolute Gasteiger partial charge is 0.435 e. The van der Waals surface area contributed by atoms with E-state index in [1.165, 1.54) is 17.0 Å². The van der Waals surface area contributed by atoms with Gasteiger partial charge < -0.3 is 9.45 Å². The lowest BCUT2D eigenvalue weighted by molar-refractivity contribution is -0.348. The van der Waals surface area contributed by atoms with Crippen LogP contribution in [0.25, 0.3) is 0 Å². The van der Waals surface area contributed by atoms with Crippen molar-refractivity contribution in [1.82, 2.24) is 4.90 Å². The summed E-state index contributed by atoms with van der Waals surface area (Å²) in [6.45, 7) is -0.204. The minimum absolute atomic E-state index is 0.0318. The van der Waals surface area contributed by atoms with Gasteiger partial charge in [0.25, 0.3) is 6.43 Å². The second kappa shape index (κ2) is 8.99. The number of hydrogen-bond donors (Lipinski definition) is 0. The molecule has 186 valence electrons. The topological polar surface area (TPSA) is 43.4 Å². The molecule has 1 fully saturated rings. The van der Waals surface area contributed by atoms with E-state index < -0.39 is 51.5 Å². The van der Waals surface area contributed by atoms with E-state index in [0.717, 1.165) is 24.3 Å². The van der Waals surface area contributed by atoms with Crippen LogP contribution < -0.4 is 0 Å². The van der Waals surface area contributed by atoms with E-state index >= 15 is 0 Å². The van der Waals surface area contributed by atoms with Gasteiger partial charge in [-0.2, -0.15) is 26.3 Å². The fourth-order valence-electron chi connectivity index (χ4n) is 3.88. The number of carbonyl (C=O) groups is 1. The third-order valence-electron chi connectivity index (χ3n) is 5.68. The van der Waals surface area contributed by atoms with Crippen LogP contribution in [-0.4, -0.2) is 41.3 Å². The van der Waals surface area contributed by atoms with Crippen LogP contribution in [0.15, 0.2) is 53.4 Å². The number of alkyl halides is 9. The molecule has 34 heavy (non-hydrogen) atoms. The van der Waals surface area contributed by atoms with Gasteiger partial charge in [0.15, 0.2) is 9.64 Å². The second-order valence-electron chi connectivity index (χ2n) is 7.69. The summed E-state index contributed by atoms with van der Waals surface area (Å²) in [6, 6.07) is 6.73. The minimum Gasteiger partial charge on any atom is -0.611 e. The quantitative estimate of drug-likeness (QED) is 0.277. The van der Waals surface area contributed by atoms with E-state index in [0.29, 0.717) is 18.5 Å². The van der Waals surface area contributed by atoms with Crippen LogP contribution in [0, 0.1) is 0 Å². The van der Waals surface area contributed by atoms with Gasteiger partial charge in [-0.1, -0.05) is 36.4 Å². The molecule has 3 rings (SSSR count). The van der Waals surface area contributed by atoms with Gasteiger partial charge in [0.2, 0.25) is 6.41 Å². The molecule has 0 bridgehead atoms. The van der Waals surface area contributed by atoms with E-state index in [2.05, 4.69) is 0 Å². The van der Waals surface area contributed by atoms with Gasteiger partial charge in [-0.25, -0.2) is 13.2 Å². The summed E-state index contributed by atoms with van der Waals surface area (Å²) in [5, 5.41) is 0. The van der Waals surface area contributed by atoms with E-state index in [9.17, 15) is 48.9 Å². The molecule has 13 heteroatoms. The van der Waals surface area contributed by atoms with Crippen LogP contribution in [0.1, 0.15) is 29.5 Å². The van der Waals surface area contributed by atoms with Crippen molar-refractivity contribution in [3.05, 3.63) is 65.2 Å². The molecule has 0 aromatic heterocycles. The first-order valence-corrected chi connectivity index (χ1v) is 10.7. The van der Waals surface area contributed by atoms with Crippen LogP contribution in [-0.2, 0) is 26.4 Å². The van der Waals surface area contributed by atoms with Crippen molar-refractivity contribution in [2.45, 2.75) is 40.5 Å². The SMILES string of the molecule is O=CN1CCC(c2ccc(C(F)(C(F)(F)F)C(F)(F)F)cc2)([S+]([O-])c2cccc(C(F)F)c2)C1. The first-order chi connectivity index (χ1) is 15.7. The summed E-state index contributed by atoms with van der Waals surface area (Å²) >= 11 is -2.15. The predicted molar refractivity (Wildman–Crippen MR) is 103 cm³/mol. The minimum atomic E-state index is -6.30. The molecule has 2 aromatic rings. The van der Waals surface area contributed by atoms with E-state index in [1.807, 2.05) is 0 Å². The van der Waals surface area contributed by atoms with Crippen molar-refractivity contribution in [2.24, 2.45) is 0 Å². The normalized spacial score (nSPS) is 20.6. The van der Waals surface area contributed by atoms with Crippen molar-refractivity contribution in [3.63, 3.8) is 0 Å². The standard InChI is InChI=1S/C21H16F9NO2S/c22-17(23)13-2-1-3-16(10-13)34(33)18(8-9-31(11-18)12-32)14-4-6-15(7-5-14)19(24,20(25,26)27)21(28,29)30/h1-7,10,12,17H,8-9,11H2. The van der Waals surface area contributed by atoms with E-state index in [1.54, 1.807) is 0 Å². The first kappa shape index (κ1) is 26.2. The number of benzene rings is 2. The molecule has 3 nitrogen and oxygen atoms in total. The number of rotatable bonds is 6. The molecule has 0 N–H and O–H groups in total. The molecule has 2 unspecified atom stereocenters. The summed E-state index contributed by atoms with van der Waals surface area (Å²) in [5.41, 5.74) is -7.84. The van der Waals surface area contributed by atoms with Crippen molar-refractivity contribution < 1.29 is 48.9 Å². The molecule has 1 saturated heterocycles. The number of amides is 1. The van der Waals surface area contributed by atoms with Gasteiger partial charge >= 0.3 is 18.0 Å². The Labute approximate surface area is 190 Å². The van der Waals surface area contributed by atoms with Gasteiger partial charge in [0.05, 0.1) is 6.54 Å². The van der Waals surface area contributed by atoms with Crippen molar-refractivity contribution in [3.8, 4) is 0 Å². The van der Waals surface area contributed by atoms with Gasteiger partial charge in [-0.15, -0.1) is 0 Å². The Balaban J connectivity index is 2.09. The summed E-state index contributed by atoms with van der Waals surface area (Å²) in [6.07, 6.45) is -15.1. The lowest BCUT2D eigenvalue weighted by Crippen LogP contribution is -2.50. The van der Waals surface area contributed by atoms with Crippen LogP contribution in [0.5, 0.6) is 0 Å². The highest BCUT2D eigenvalue weighted by Crippen LogP contribution is 2.53. The van der Waals surface area contributed by atoms with Crippen LogP contribution in [0.4, 0.5) is 39.5 Å². The van der Waals surface area contributed by atoms with Crippen LogP contribution in [0.2, 0.25) is 0 Å². The summed E-state index contributed by atoms with van der Waals surface area (Å²) < 4.78 is 131. The predicted octanol–water partition coefficient (Wildman–Crippen LogP) is 5.78. The van der Waals surface area contributed by atoms with Crippen LogP contribution in [0.3, 0.4) is 0 Å². The van der Waals surface area contributed by atoms with E-state index in [4.69, 9.17) is 0 Å². The Morgan fingerprint density at radius 3 is 2.03 bits per heavy atom. The zero-order valence-electron chi connectivity index (χ0n) is 17.0. The van der Waals surface area contributed by atoms with Gasteiger partial charge in [-0.05, 0) is 17.2 Å². The molecular weight excluding hydrogens is 501 g/mol. The Morgan fingerprint density at radius 1 is 0.971 bits per heavy atom. The zero-order chi connectivity index (χ0) is 25.5. The maximum atomic E-state index is 14.4. The Bertz CT molecular complexity index is 1010. The van der Waals surface area contributed by atoms with Gasteiger partial charge in [0, 0.05) is 35.7 Å². The molecule has 2 aromatic carbocycles. The molecule has 0 radical (unpaired) electrons. The highest BCUT2D eigenvalue weighted by molar-refractivity contribution is 7.92. The highest BCUT2D eigenvalue weighted by atomic mass is 32.2. The Hall–Kier alpha value is -2.41. The average Bonchev–Trinajstić information content (AvgIpc) is 3.22. The third-order valence-corrected chi connectivity index (χ3v) is 7.64. The number of carbonyl (C=O) groups excluding carboxylic acids is 1. The molecule has 0 spiro atoms. The second-order valence-corrected chi connectivity index (χ2v) is 9.48. The molecule has 1 heterocycles. The first-order valence-electron chi connectivity index (χ1n) is 9.60. The zero-order valence-corrected chi connectivity index (χ0v) is 17.8. The van der Waals surface area contributed by atoms with E-state index in [-0.39, 0.29) is 30.0 Å². The number of likely N-dealkylation sites (tertiary alicyclic amines) is 1. The third kappa shape index (κ3) is 4.35. The van der Waals surface area contributed by atoms with Gasteiger partial charge in [-0.3, -0.25) is 4.79 Å². The van der Waals surface area contributed by atoms with Crippen molar-refractivity contribution >= 4 is 17.6 Å². The number of nitrogens with zero attached hydrogens (tertiary/aromatic N) is 1. The fourth-order valence-corrected chi connectivity index (χ4v) is 5.68. The molecule has 1 aliphatic heterocycles. The average molecular weight is 517 g/mol. The largest absolute Gasteiger partial charge is 0.611 e. The maximum absolute atomic E-state index is 14.4. The Kier molecular flexibility index (Phi) is 6.93. The number of hydrogen-bond acceptors (Lipinski definition) is 2. The lowest BCUT2D eigenvalue weighted by Gasteiger charge is -2.33. The molecule has 0 aliphatic carbocycles. The monoisotopic (exact) mass is 517 g/mol. The summed E-state index contributed by atoms with van der Waals surface area (Å²) in [5.74, 6) is 0. The molecular formula is C21H16F9NO2S. The Morgan fingerprint density at radius 2 is 1.56 bits per heavy atom. The van der Waals surface area contributed by atoms with Crippen molar-refractivity contribution in [1.29, 1.82) is 0 Å². The fraction of sp³-hybridized carbons (Fsp3) is 0.381. The molecule has 1 aliphatic rings.